The van der Waals surface area contributed by atoms with Crippen molar-refractivity contribution in [2.24, 2.45) is 5.73 Å². The summed E-state index contributed by atoms with van der Waals surface area (Å²) in [6, 6.07) is 0. The Hall–Kier alpha value is -2.02. The van der Waals surface area contributed by atoms with Crippen LogP contribution >= 0.6 is 11.3 Å². The lowest BCUT2D eigenvalue weighted by Crippen LogP contribution is -2.18. The van der Waals surface area contributed by atoms with Crippen LogP contribution in [0.25, 0.3) is 0 Å². The van der Waals surface area contributed by atoms with Crippen molar-refractivity contribution in [2.45, 2.75) is 20.3 Å². The van der Waals surface area contributed by atoms with Crippen molar-refractivity contribution < 1.29 is 4.79 Å². The number of thiazole rings is 1. The topological polar surface area (TPSA) is 108 Å². The summed E-state index contributed by atoms with van der Waals surface area (Å²) in [5.41, 5.74) is 12.5. The fourth-order valence-electron chi connectivity index (χ4n) is 1.69. The maximum Gasteiger partial charge on any atom is 0.254 e. The Labute approximate surface area is 108 Å². The van der Waals surface area contributed by atoms with E-state index in [0.717, 1.165) is 10.7 Å². The molecule has 0 bridgehead atoms. The van der Waals surface area contributed by atoms with E-state index < -0.39 is 5.91 Å². The first-order valence-electron chi connectivity index (χ1n) is 5.31. The normalized spacial score (nSPS) is 10.6. The lowest BCUT2D eigenvalue weighted by atomic mass is 10.2. The number of aromatic nitrogens is 3. The Morgan fingerprint density at radius 3 is 2.56 bits per heavy atom. The number of primary amides is 1. The van der Waals surface area contributed by atoms with E-state index in [1.807, 2.05) is 12.3 Å². The molecule has 2 aromatic rings. The van der Waals surface area contributed by atoms with Gasteiger partial charge in [-0.2, -0.15) is 0 Å². The first kappa shape index (κ1) is 12.4. The molecule has 2 heterocycles. The molecule has 0 saturated heterocycles. The summed E-state index contributed by atoms with van der Waals surface area (Å²) in [7, 11) is 0. The lowest BCUT2D eigenvalue weighted by Gasteiger charge is -2.06. The Kier molecular flexibility index (Phi) is 3.24. The summed E-state index contributed by atoms with van der Waals surface area (Å²) in [4.78, 5) is 23.8. The second kappa shape index (κ2) is 4.69. The van der Waals surface area contributed by atoms with Gasteiger partial charge in [-0.15, -0.1) is 11.3 Å². The molecule has 7 heteroatoms. The molecule has 0 aromatic carbocycles. The molecular weight excluding hydrogens is 250 g/mol. The molecule has 2 aromatic heterocycles. The third-order valence-corrected chi connectivity index (χ3v) is 3.24. The molecule has 0 aliphatic carbocycles. The number of hydrogen-bond acceptors (Lipinski definition) is 6. The third kappa shape index (κ3) is 2.45. The highest BCUT2D eigenvalue weighted by atomic mass is 32.1. The summed E-state index contributed by atoms with van der Waals surface area (Å²) in [6.45, 7) is 3.62. The van der Waals surface area contributed by atoms with Gasteiger partial charge in [0, 0.05) is 5.38 Å². The van der Waals surface area contributed by atoms with Crippen LogP contribution in [0, 0.1) is 13.8 Å². The molecule has 94 valence electrons. The van der Waals surface area contributed by atoms with Gasteiger partial charge in [0.05, 0.1) is 22.8 Å². The SMILES string of the molecule is Cc1nc(Cc2nc(C)c(C(N)=O)c(N)n2)cs1. The number of nitrogens with zero attached hydrogens (tertiary/aromatic N) is 3. The molecule has 0 saturated carbocycles. The first-order valence-corrected chi connectivity index (χ1v) is 6.19. The quantitative estimate of drug-likeness (QED) is 0.852. The van der Waals surface area contributed by atoms with Crippen LogP contribution in [-0.4, -0.2) is 20.9 Å². The van der Waals surface area contributed by atoms with E-state index in [2.05, 4.69) is 15.0 Å². The number of carbonyl (C=O) groups is 1. The average Bonchev–Trinajstić information content (AvgIpc) is 2.62. The molecule has 0 atom stereocenters. The fourth-order valence-corrected chi connectivity index (χ4v) is 2.30. The van der Waals surface area contributed by atoms with Crippen molar-refractivity contribution in [1.82, 2.24) is 15.0 Å². The molecule has 18 heavy (non-hydrogen) atoms. The van der Waals surface area contributed by atoms with Crippen LogP contribution in [0.1, 0.15) is 32.6 Å². The Bertz CT molecular complexity index is 584. The van der Waals surface area contributed by atoms with E-state index in [4.69, 9.17) is 11.5 Å². The molecule has 2 rings (SSSR count). The Balaban J connectivity index is 2.33. The number of nitrogen functional groups attached to an aromatic ring is 1. The molecule has 6 nitrogen and oxygen atoms in total. The van der Waals surface area contributed by atoms with Crippen LogP contribution in [-0.2, 0) is 6.42 Å². The number of amides is 1. The summed E-state index contributed by atoms with van der Waals surface area (Å²) < 4.78 is 0. The van der Waals surface area contributed by atoms with E-state index in [-0.39, 0.29) is 11.4 Å². The molecular formula is C11H13N5OS. The van der Waals surface area contributed by atoms with E-state index in [1.54, 1.807) is 18.3 Å². The third-order valence-electron chi connectivity index (χ3n) is 2.42. The van der Waals surface area contributed by atoms with Crippen molar-refractivity contribution >= 4 is 23.1 Å². The van der Waals surface area contributed by atoms with Gasteiger partial charge in [-0.1, -0.05) is 0 Å². The molecule has 0 spiro atoms. The highest BCUT2D eigenvalue weighted by Crippen LogP contribution is 2.15. The summed E-state index contributed by atoms with van der Waals surface area (Å²) >= 11 is 1.57. The van der Waals surface area contributed by atoms with Gasteiger partial charge in [-0.25, -0.2) is 15.0 Å². The minimum atomic E-state index is -0.610. The van der Waals surface area contributed by atoms with Gasteiger partial charge in [0.1, 0.15) is 17.2 Å². The van der Waals surface area contributed by atoms with E-state index in [0.29, 0.717) is 17.9 Å². The molecule has 0 aliphatic rings. The van der Waals surface area contributed by atoms with E-state index in [9.17, 15) is 4.79 Å². The number of aryl methyl sites for hydroxylation is 2. The Morgan fingerprint density at radius 2 is 2.06 bits per heavy atom. The summed E-state index contributed by atoms with van der Waals surface area (Å²) in [5.74, 6) is 0.0540. The fraction of sp³-hybridized carbons (Fsp3) is 0.273. The second-order valence-corrected chi connectivity index (χ2v) is 4.95. The minimum absolute atomic E-state index is 0.122. The maximum absolute atomic E-state index is 11.2. The highest BCUT2D eigenvalue weighted by Gasteiger charge is 2.14. The maximum atomic E-state index is 11.2. The number of rotatable bonds is 3. The summed E-state index contributed by atoms with van der Waals surface area (Å²) in [6.07, 6.45) is 0.494. The van der Waals surface area contributed by atoms with Crippen molar-refractivity contribution in [2.75, 3.05) is 5.73 Å². The lowest BCUT2D eigenvalue weighted by molar-refractivity contribution is 0.1000. The van der Waals surface area contributed by atoms with Crippen LogP contribution in [0.15, 0.2) is 5.38 Å². The van der Waals surface area contributed by atoms with Crippen LogP contribution in [0.5, 0.6) is 0 Å². The number of carbonyl (C=O) groups excluding carboxylic acids is 1. The number of hydrogen-bond donors (Lipinski definition) is 2. The molecule has 1 amide bonds. The van der Waals surface area contributed by atoms with Gasteiger partial charge in [0.2, 0.25) is 0 Å². The molecule has 0 aliphatic heterocycles. The summed E-state index contributed by atoms with van der Waals surface area (Å²) in [5, 5.41) is 2.94. The molecule has 4 N–H and O–H groups in total. The highest BCUT2D eigenvalue weighted by molar-refractivity contribution is 7.09. The number of nitrogens with two attached hydrogens (primary N) is 2. The number of anilines is 1. The van der Waals surface area contributed by atoms with Gasteiger partial charge in [-0.05, 0) is 13.8 Å². The zero-order chi connectivity index (χ0) is 13.3. The van der Waals surface area contributed by atoms with Crippen LogP contribution < -0.4 is 11.5 Å². The molecule has 0 unspecified atom stereocenters. The van der Waals surface area contributed by atoms with Crippen molar-refractivity contribution in [1.29, 1.82) is 0 Å². The standard InChI is InChI=1S/C11H13N5OS/c1-5-9(11(13)17)10(12)16-8(14-5)3-7-4-18-6(2)15-7/h4H,3H2,1-2H3,(H2,13,17)(H2,12,14,16). The average molecular weight is 263 g/mol. The van der Waals surface area contributed by atoms with E-state index >= 15 is 0 Å². The predicted molar refractivity (Wildman–Crippen MR) is 69.4 cm³/mol. The molecule has 0 radical (unpaired) electrons. The minimum Gasteiger partial charge on any atom is -0.383 e. The first-order chi connectivity index (χ1) is 8.47. The monoisotopic (exact) mass is 263 g/mol. The van der Waals surface area contributed by atoms with Gasteiger partial charge in [0.25, 0.3) is 5.91 Å². The largest absolute Gasteiger partial charge is 0.383 e. The van der Waals surface area contributed by atoms with E-state index in [1.165, 1.54) is 0 Å². The van der Waals surface area contributed by atoms with Gasteiger partial charge >= 0.3 is 0 Å². The predicted octanol–water partition coefficient (Wildman–Crippen LogP) is 0.822. The van der Waals surface area contributed by atoms with Gasteiger partial charge < -0.3 is 11.5 Å². The zero-order valence-electron chi connectivity index (χ0n) is 10.1. The van der Waals surface area contributed by atoms with Crippen molar-refractivity contribution in [3.8, 4) is 0 Å². The van der Waals surface area contributed by atoms with Crippen LogP contribution in [0.2, 0.25) is 0 Å². The molecule has 0 fully saturated rings. The smallest absolute Gasteiger partial charge is 0.254 e. The van der Waals surface area contributed by atoms with Crippen molar-refractivity contribution in [3.63, 3.8) is 0 Å². The second-order valence-electron chi connectivity index (χ2n) is 3.88. The van der Waals surface area contributed by atoms with Crippen LogP contribution in [0.3, 0.4) is 0 Å². The van der Waals surface area contributed by atoms with Gasteiger partial charge in [0.15, 0.2) is 0 Å². The zero-order valence-corrected chi connectivity index (χ0v) is 10.9. The van der Waals surface area contributed by atoms with Crippen LogP contribution in [0.4, 0.5) is 5.82 Å². The Morgan fingerprint density at radius 1 is 1.33 bits per heavy atom. The van der Waals surface area contributed by atoms with Crippen molar-refractivity contribution in [3.05, 3.63) is 33.2 Å². The van der Waals surface area contributed by atoms with Gasteiger partial charge in [-0.3, -0.25) is 4.79 Å².